The van der Waals surface area contributed by atoms with Crippen molar-refractivity contribution in [3.8, 4) is 0 Å². The zero-order chi connectivity index (χ0) is 15.2. The van der Waals surface area contributed by atoms with Crippen molar-refractivity contribution in [3.05, 3.63) is 24.2 Å². The molecule has 2 amide bonds. The average molecular weight is 292 g/mol. The Bertz CT molecular complexity index is 462. The molecule has 2 heterocycles. The lowest BCUT2D eigenvalue weighted by molar-refractivity contribution is -0.126. The molecule has 1 aliphatic rings. The maximum Gasteiger partial charge on any atom is 0.289 e. The van der Waals surface area contributed by atoms with Gasteiger partial charge in [0, 0.05) is 25.0 Å². The van der Waals surface area contributed by atoms with Gasteiger partial charge in [-0.1, -0.05) is 13.3 Å². The van der Waals surface area contributed by atoms with Crippen LogP contribution in [0.2, 0.25) is 0 Å². The summed E-state index contributed by atoms with van der Waals surface area (Å²) < 4.78 is 5.13. The predicted octanol–water partition coefficient (Wildman–Crippen LogP) is 2.44. The van der Waals surface area contributed by atoms with Gasteiger partial charge >= 0.3 is 0 Å². The first-order valence-electron chi connectivity index (χ1n) is 7.75. The first-order valence-corrected chi connectivity index (χ1v) is 7.75. The summed E-state index contributed by atoms with van der Waals surface area (Å²) in [6, 6.07) is 3.61. The number of amides is 2. The average Bonchev–Trinajstić information content (AvgIpc) is 3.01. The molecule has 1 atom stereocenters. The molecular formula is C16H24N2O3. The fourth-order valence-corrected chi connectivity index (χ4v) is 2.77. The van der Waals surface area contributed by atoms with Crippen molar-refractivity contribution < 1.29 is 14.0 Å². The van der Waals surface area contributed by atoms with Crippen molar-refractivity contribution in [1.29, 1.82) is 0 Å². The van der Waals surface area contributed by atoms with Gasteiger partial charge in [0.2, 0.25) is 5.91 Å². The molecule has 0 aromatic carbocycles. The van der Waals surface area contributed by atoms with Crippen LogP contribution in [0, 0.1) is 5.92 Å². The highest BCUT2D eigenvalue weighted by atomic mass is 16.3. The van der Waals surface area contributed by atoms with E-state index in [4.69, 9.17) is 4.42 Å². The Morgan fingerprint density at radius 3 is 2.71 bits per heavy atom. The van der Waals surface area contributed by atoms with E-state index in [1.807, 2.05) is 6.92 Å². The number of nitrogens with zero attached hydrogens (tertiary/aromatic N) is 1. The minimum absolute atomic E-state index is 0.0185. The molecule has 1 N–H and O–H groups in total. The van der Waals surface area contributed by atoms with E-state index in [1.165, 1.54) is 6.26 Å². The fourth-order valence-electron chi connectivity index (χ4n) is 2.77. The maximum atomic E-state index is 12.2. The Kier molecular flexibility index (Phi) is 5.42. The van der Waals surface area contributed by atoms with Crippen LogP contribution in [0.4, 0.5) is 0 Å². The minimum Gasteiger partial charge on any atom is -0.459 e. The lowest BCUT2D eigenvalue weighted by atomic mass is 9.95. The highest BCUT2D eigenvalue weighted by molar-refractivity contribution is 5.91. The Hall–Kier alpha value is -1.78. The van der Waals surface area contributed by atoms with Crippen LogP contribution in [0.3, 0.4) is 0 Å². The van der Waals surface area contributed by atoms with E-state index < -0.39 is 0 Å². The molecular weight excluding hydrogens is 268 g/mol. The molecule has 2 rings (SSSR count). The molecule has 5 heteroatoms. The molecule has 0 spiro atoms. The second-order valence-electron chi connectivity index (χ2n) is 5.74. The van der Waals surface area contributed by atoms with Gasteiger partial charge in [-0.05, 0) is 38.3 Å². The number of carbonyl (C=O) groups is 2. The fraction of sp³-hybridized carbons (Fsp3) is 0.625. The maximum absolute atomic E-state index is 12.2. The van der Waals surface area contributed by atoms with Gasteiger partial charge in [0.05, 0.1) is 6.26 Å². The molecule has 1 aromatic rings. The quantitative estimate of drug-likeness (QED) is 0.906. The number of hydrogen-bond acceptors (Lipinski definition) is 3. The number of piperidine rings is 1. The normalized spacial score (nSPS) is 17.5. The summed E-state index contributed by atoms with van der Waals surface area (Å²) in [5.41, 5.74) is 0. The van der Waals surface area contributed by atoms with Gasteiger partial charge in [-0.2, -0.15) is 0 Å². The van der Waals surface area contributed by atoms with Crippen molar-refractivity contribution in [1.82, 2.24) is 10.2 Å². The number of furan rings is 1. The third-order valence-corrected chi connectivity index (χ3v) is 4.00. The van der Waals surface area contributed by atoms with Crippen LogP contribution in [0.15, 0.2) is 22.8 Å². The summed E-state index contributed by atoms with van der Waals surface area (Å²) in [4.78, 5) is 26.0. The second kappa shape index (κ2) is 7.29. The van der Waals surface area contributed by atoms with Gasteiger partial charge in [-0.3, -0.25) is 9.59 Å². The van der Waals surface area contributed by atoms with Gasteiger partial charge in [0.1, 0.15) is 0 Å². The second-order valence-corrected chi connectivity index (χ2v) is 5.74. The number of rotatable bonds is 5. The van der Waals surface area contributed by atoms with E-state index in [1.54, 1.807) is 17.0 Å². The third kappa shape index (κ3) is 4.09. The van der Waals surface area contributed by atoms with Crippen LogP contribution < -0.4 is 5.32 Å². The van der Waals surface area contributed by atoms with E-state index >= 15 is 0 Å². The first kappa shape index (κ1) is 15.6. The van der Waals surface area contributed by atoms with Gasteiger partial charge in [0.25, 0.3) is 5.91 Å². The standard InChI is InChI=1S/C16H24N2O3/c1-3-5-12(2)17-15(19)13-7-9-18(10-8-13)16(20)14-6-4-11-21-14/h4,6,11-13H,3,5,7-10H2,1-2H3,(H,17,19). The van der Waals surface area contributed by atoms with Crippen molar-refractivity contribution in [3.63, 3.8) is 0 Å². The Balaban J connectivity index is 1.80. The molecule has 1 aromatic heterocycles. The molecule has 0 radical (unpaired) electrons. The first-order chi connectivity index (χ1) is 10.1. The Labute approximate surface area is 125 Å². The van der Waals surface area contributed by atoms with Crippen LogP contribution >= 0.6 is 0 Å². The third-order valence-electron chi connectivity index (χ3n) is 4.00. The van der Waals surface area contributed by atoms with Crippen molar-refractivity contribution in [2.75, 3.05) is 13.1 Å². The number of likely N-dealkylation sites (tertiary alicyclic amines) is 1. The summed E-state index contributed by atoms with van der Waals surface area (Å²) in [6.07, 6.45) is 5.01. The van der Waals surface area contributed by atoms with Crippen LogP contribution in [0.25, 0.3) is 0 Å². The monoisotopic (exact) mass is 292 g/mol. The summed E-state index contributed by atoms with van der Waals surface area (Å²) in [5, 5.41) is 3.06. The predicted molar refractivity (Wildman–Crippen MR) is 79.8 cm³/mol. The van der Waals surface area contributed by atoms with Gasteiger partial charge in [0.15, 0.2) is 5.76 Å². The molecule has 1 unspecified atom stereocenters. The van der Waals surface area contributed by atoms with E-state index in [0.717, 1.165) is 25.7 Å². The van der Waals surface area contributed by atoms with Gasteiger partial charge in [-0.15, -0.1) is 0 Å². The SMILES string of the molecule is CCCC(C)NC(=O)C1CCN(C(=O)c2ccco2)CC1. The van der Waals surface area contributed by atoms with Crippen LogP contribution in [-0.4, -0.2) is 35.8 Å². The molecule has 0 saturated carbocycles. The van der Waals surface area contributed by atoms with Crippen LogP contribution in [0.1, 0.15) is 50.1 Å². The zero-order valence-corrected chi connectivity index (χ0v) is 12.8. The van der Waals surface area contributed by atoms with Crippen LogP contribution in [0.5, 0.6) is 0 Å². The van der Waals surface area contributed by atoms with E-state index in [2.05, 4.69) is 12.2 Å². The van der Waals surface area contributed by atoms with Crippen LogP contribution in [-0.2, 0) is 4.79 Å². The zero-order valence-electron chi connectivity index (χ0n) is 12.8. The smallest absolute Gasteiger partial charge is 0.289 e. The number of carbonyl (C=O) groups excluding carboxylic acids is 2. The number of nitrogens with one attached hydrogen (secondary N) is 1. The summed E-state index contributed by atoms with van der Waals surface area (Å²) in [6.45, 7) is 5.37. The highest BCUT2D eigenvalue weighted by Crippen LogP contribution is 2.19. The summed E-state index contributed by atoms with van der Waals surface area (Å²) in [7, 11) is 0. The molecule has 1 fully saturated rings. The van der Waals surface area contributed by atoms with Gasteiger partial charge < -0.3 is 14.6 Å². The molecule has 0 bridgehead atoms. The molecule has 5 nitrogen and oxygen atoms in total. The van der Waals surface area contributed by atoms with E-state index in [9.17, 15) is 9.59 Å². The Morgan fingerprint density at radius 2 is 2.14 bits per heavy atom. The highest BCUT2D eigenvalue weighted by Gasteiger charge is 2.29. The van der Waals surface area contributed by atoms with Crippen molar-refractivity contribution >= 4 is 11.8 Å². The summed E-state index contributed by atoms with van der Waals surface area (Å²) in [5.74, 6) is 0.429. The van der Waals surface area contributed by atoms with Gasteiger partial charge in [-0.25, -0.2) is 0 Å². The van der Waals surface area contributed by atoms with E-state index in [-0.39, 0.29) is 23.8 Å². The molecule has 116 valence electrons. The largest absolute Gasteiger partial charge is 0.459 e. The molecule has 21 heavy (non-hydrogen) atoms. The number of hydrogen-bond donors (Lipinski definition) is 1. The molecule has 1 saturated heterocycles. The van der Waals surface area contributed by atoms with Crippen molar-refractivity contribution in [2.24, 2.45) is 5.92 Å². The minimum atomic E-state index is -0.0850. The van der Waals surface area contributed by atoms with E-state index in [0.29, 0.717) is 18.8 Å². The molecule has 1 aliphatic heterocycles. The lowest BCUT2D eigenvalue weighted by Crippen LogP contribution is -2.44. The summed E-state index contributed by atoms with van der Waals surface area (Å²) >= 11 is 0. The topological polar surface area (TPSA) is 62.6 Å². The Morgan fingerprint density at radius 1 is 1.43 bits per heavy atom. The van der Waals surface area contributed by atoms with Crippen molar-refractivity contribution in [2.45, 2.75) is 45.6 Å². The molecule has 0 aliphatic carbocycles. The lowest BCUT2D eigenvalue weighted by Gasteiger charge is -2.31.